The van der Waals surface area contributed by atoms with Gasteiger partial charge in [0.05, 0.1) is 10.7 Å². The second kappa shape index (κ2) is 5.21. The van der Waals surface area contributed by atoms with Gasteiger partial charge in [0.25, 0.3) is 0 Å². The maximum Gasteiger partial charge on any atom is 0.228 e. The van der Waals surface area contributed by atoms with Crippen molar-refractivity contribution < 1.29 is 0 Å². The molecule has 90 valence electrons. The molecular formula is C12H8Cl2N4. The average Bonchev–Trinajstić information content (AvgIpc) is 2.32. The number of aromatic nitrogens is 2. The summed E-state index contributed by atoms with van der Waals surface area (Å²) in [6.45, 7) is 1.79. The van der Waals surface area contributed by atoms with E-state index in [-0.39, 0.29) is 0 Å². The molecule has 0 radical (unpaired) electrons. The van der Waals surface area contributed by atoms with Gasteiger partial charge in [-0.15, -0.1) is 0 Å². The fourth-order valence-electron chi connectivity index (χ4n) is 1.39. The van der Waals surface area contributed by atoms with Crippen LogP contribution in [0.3, 0.4) is 0 Å². The number of hydrogen-bond donors (Lipinski definition) is 1. The van der Waals surface area contributed by atoms with Gasteiger partial charge in [-0.1, -0.05) is 23.2 Å². The number of anilines is 2. The summed E-state index contributed by atoms with van der Waals surface area (Å²) < 4.78 is 0. The highest BCUT2D eigenvalue weighted by Gasteiger charge is 2.05. The van der Waals surface area contributed by atoms with Crippen LogP contribution in [0.2, 0.25) is 10.0 Å². The van der Waals surface area contributed by atoms with Gasteiger partial charge in [-0.05, 0) is 31.2 Å². The predicted octanol–water partition coefficient (Wildman–Crippen LogP) is 3.71. The lowest BCUT2D eigenvalue weighted by Gasteiger charge is -2.07. The van der Waals surface area contributed by atoms with Crippen molar-refractivity contribution >= 4 is 34.8 Å². The second-order valence-corrected chi connectivity index (χ2v) is 4.42. The molecule has 0 spiro atoms. The zero-order valence-corrected chi connectivity index (χ0v) is 10.9. The standard InChI is InChI=1S/C12H8Cl2N4/c1-7-4-9(6-15)17-12(16-7)18-11-3-2-8(13)5-10(11)14/h2-5H,1H3,(H,16,17,18). The van der Waals surface area contributed by atoms with Gasteiger partial charge in [-0.3, -0.25) is 0 Å². The van der Waals surface area contributed by atoms with Crippen molar-refractivity contribution in [2.45, 2.75) is 6.92 Å². The molecule has 18 heavy (non-hydrogen) atoms. The normalized spacial score (nSPS) is 9.89. The number of aryl methyl sites for hydroxylation is 1. The van der Waals surface area contributed by atoms with E-state index < -0.39 is 0 Å². The van der Waals surface area contributed by atoms with Crippen LogP contribution in [0.15, 0.2) is 24.3 Å². The van der Waals surface area contributed by atoms with E-state index in [2.05, 4.69) is 15.3 Å². The molecule has 0 aliphatic carbocycles. The molecular weight excluding hydrogens is 271 g/mol. The number of nitrogens with one attached hydrogen (secondary N) is 1. The van der Waals surface area contributed by atoms with Crippen molar-refractivity contribution in [2.75, 3.05) is 5.32 Å². The minimum absolute atomic E-state index is 0.301. The largest absolute Gasteiger partial charge is 0.323 e. The maximum atomic E-state index is 8.83. The second-order valence-electron chi connectivity index (χ2n) is 3.58. The van der Waals surface area contributed by atoms with Gasteiger partial charge in [-0.2, -0.15) is 5.26 Å². The summed E-state index contributed by atoms with van der Waals surface area (Å²) in [7, 11) is 0. The first kappa shape index (κ1) is 12.6. The summed E-state index contributed by atoms with van der Waals surface area (Å²) in [6, 6.07) is 8.63. The van der Waals surface area contributed by atoms with Gasteiger partial charge in [0, 0.05) is 10.7 Å². The molecule has 0 unspecified atom stereocenters. The number of nitrogens with zero attached hydrogens (tertiary/aromatic N) is 3. The molecule has 1 heterocycles. The molecule has 0 bridgehead atoms. The Kier molecular flexibility index (Phi) is 3.66. The van der Waals surface area contributed by atoms with E-state index in [1.54, 1.807) is 31.2 Å². The number of rotatable bonds is 2. The molecule has 2 aromatic rings. The maximum absolute atomic E-state index is 8.83. The summed E-state index contributed by atoms with van der Waals surface area (Å²) >= 11 is 11.8. The Labute approximate surface area is 114 Å². The number of nitriles is 1. The molecule has 0 amide bonds. The minimum atomic E-state index is 0.301. The zero-order chi connectivity index (χ0) is 13.1. The number of benzene rings is 1. The smallest absolute Gasteiger partial charge is 0.228 e. The summed E-state index contributed by atoms with van der Waals surface area (Å²) in [5, 5.41) is 12.8. The third kappa shape index (κ3) is 2.89. The fraction of sp³-hybridized carbons (Fsp3) is 0.0833. The van der Waals surface area contributed by atoms with E-state index in [0.29, 0.717) is 33.1 Å². The van der Waals surface area contributed by atoms with Crippen molar-refractivity contribution in [2.24, 2.45) is 0 Å². The molecule has 0 atom stereocenters. The molecule has 0 aliphatic rings. The van der Waals surface area contributed by atoms with Crippen molar-refractivity contribution in [3.8, 4) is 6.07 Å². The molecule has 6 heteroatoms. The fourth-order valence-corrected chi connectivity index (χ4v) is 1.85. The lowest BCUT2D eigenvalue weighted by atomic mass is 10.3. The van der Waals surface area contributed by atoms with Crippen molar-refractivity contribution in [3.63, 3.8) is 0 Å². The summed E-state index contributed by atoms with van der Waals surface area (Å²) in [5.41, 5.74) is 1.64. The van der Waals surface area contributed by atoms with Crippen LogP contribution >= 0.6 is 23.2 Å². The van der Waals surface area contributed by atoms with E-state index in [0.717, 1.165) is 0 Å². The highest BCUT2D eigenvalue weighted by Crippen LogP contribution is 2.27. The third-order valence-corrected chi connectivity index (χ3v) is 2.69. The quantitative estimate of drug-likeness (QED) is 0.910. The van der Waals surface area contributed by atoms with Gasteiger partial charge >= 0.3 is 0 Å². The monoisotopic (exact) mass is 278 g/mol. The molecule has 2 rings (SSSR count). The van der Waals surface area contributed by atoms with E-state index in [1.807, 2.05) is 6.07 Å². The van der Waals surface area contributed by atoms with Gasteiger partial charge in [0.2, 0.25) is 5.95 Å². The van der Waals surface area contributed by atoms with Crippen molar-refractivity contribution in [1.29, 1.82) is 5.26 Å². The minimum Gasteiger partial charge on any atom is -0.323 e. The van der Waals surface area contributed by atoms with Gasteiger partial charge < -0.3 is 5.32 Å². The van der Waals surface area contributed by atoms with E-state index in [4.69, 9.17) is 28.5 Å². The SMILES string of the molecule is Cc1cc(C#N)nc(Nc2ccc(Cl)cc2Cl)n1. The Hall–Kier alpha value is -1.83. The molecule has 1 N–H and O–H groups in total. The average molecular weight is 279 g/mol. The molecule has 4 nitrogen and oxygen atoms in total. The molecule has 1 aromatic carbocycles. The summed E-state index contributed by atoms with van der Waals surface area (Å²) in [4.78, 5) is 8.21. The highest BCUT2D eigenvalue weighted by atomic mass is 35.5. The van der Waals surface area contributed by atoms with Crippen LogP contribution in [0.4, 0.5) is 11.6 Å². The predicted molar refractivity (Wildman–Crippen MR) is 71.2 cm³/mol. The first-order valence-electron chi connectivity index (χ1n) is 5.06. The molecule has 0 saturated carbocycles. The molecule has 0 aliphatic heterocycles. The highest BCUT2D eigenvalue weighted by molar-refractivity contribution is 6.36. The Morgan fingerprint density at radius 1 is 1.22 bits per heavy atom. The van der Waals surface area contributed by atoms with Crippen LogP contribution in [0.5, 0.6) is 0 Å². The lowest BCUT2D eigenvalue weighted by Crippen LogP contribution is -2.00. The van der Waals surface area contributed by atoms with Crippen molar-refractivity contribution in [3.05, 3.63) is 45.7 Å². The van der Waals surface area contributed by atoms with Crippen LogP contribution in [-0.2, 0) is 0 Å². The van der Waals surface area contributed by atoms with Crippen LogP contribution in [0.1, 0.15) is 11.4 Å². The van der Waals surface area contributed by atoms with Crippen LogP contribution in [0.25, 0.3) is 0 Å². The van der Waals surface area contributed by atoms with Gasteiger partial charge in [-0.25, -0.2) is 9.97 Å². The molecule has 0 fully saturated rings. The number of hydrogen-bond acceptors (Lipinski definition) is 4. The van der Waals surface area contributed by atoms with Crippen molar-refractivity contribution in [1.82, 2.24) is 9.97 Å². The Bertz CT molecular complexity index is 634. The topological polar surface area (TPSA) is 61.6 Å². The first-order chi connectivity index (χ1) is 8.58. The number of halogens is 2. The summed E-state index contributed by atoms with van der Waals surface area (Å²) in [6.07, 6.45) is 0. The first-order valence-corrected chi connectivity index (χ1v) is 5.82. The Balaban J connectivity index is 2.34. The Morgan fingerprint density at radius 3 is 2.67 bits per heavy atom. The van der Waals surface area contributed by atoms with Crippen LogP contribution < -0.4 is 5.32 Å². The molecule has 1 aromatic heterocycles. The van der Waals surface area contributed by atoms with Crippen LogP contribution in [-0.4, -0.2) is 9.97 Å². The van der Waals surface area contributed by atoms with E-state index in [9.17, 15) is 0 Å². The van der Waals surface area contributed by atoms with E-state index >= 15 is 0 Å². The summed E-state index contributed by atoms with van der Waals surface area (Å²) in [5.74, 6) is 0.329. The third-order valence-electron chi connectivity index (χ3n) is 2.15. The van der Waals surface area contributed by atoms with E-state index in [1.165, 1.54) is 0 Å². The lowest BCUT2D eigenvalue weighted by molar-refractivity contribution is 1.09. The van der Waals surface area contributed by atoms with Crippen LogP contribution in [0, 0.1) is 18.3 Å². The van der Waals surface area contributed by atoms with Gasteiger partial charge in [0.1, 0.15) is 11.8 Å². The zero-order valence-electron chi connectivity index (χ0n) is 9.41. The molecule has 0 saturated heterocycles. The van der Waals surface area contributed by atoms with Gasteiger partial charge in [0.15, 0.2) is 0 Å². The Morgan fingerprint density at radius 2 is 2.00 bits per heavy atom.